The Balaban J connectivity index is 1.36. The van der Waals surface area contributed by atoms with Gasteiger partial charge in [-0.25, -0.2) is 19.2 Å². The zero-order valence-corrected chi connectivity index (χ0v) is 16.4. The second-order valence-corrected chi connectivity index (χ2v) is 7.23. The molecule has 8 nitrogen and oxygen atoms in total. The topological polar surface area (TPSA) is 79.8 Å². The Morgan fingerprint density at radius 1 is 1.24 bits per heavy atom. The lowest BCUT2D eigenvalue weighted by Crippen LogP contribution is -2.37. The van der Waals surface area contributed by atoms with Gasteiger partial charge in [-0.3, -0.25) is 0 Å². The first-order valence-electron chi connectivity index (χ1n) is 9.41. The fourth-order valence-corrected chi connectivity index (χ4v) is 3.52. The summed E-state index contributed by atoms with van der Waals surface area (Å²) in [6.45, 7) is 3.70. The number of aromatic nitrogens is 2. The van der Waals surface area contributed by atoms with Crippen LogP contribution in [0.1, 0.15) is 6.42 Å². The van der Waals surface area contributed by atoms with Crippen molar-refractivity contribution >= 4 is 29.1 Å². The Labute approximate surface area is 172 Å². The Hall–Kier alpha value is -2.65. The zero-order chi connectivity index (χ0) is 20.2. The zero-order valence-electron chi connectivity index (χ0n) is 15.7. The monoisotopic (exact) mass is 421 g/mol. The molecule has 1 aromatic carbocycles. The second-order valence-electron chi connectivity index (χ2n) is 6.82. The molecule has 4 rings (SSSR count). The van der Waals surface area contributed by atoms with Gasteiger partial charge in [0.2, 0.25) is 0 Å². The number of anilines is 2. The van der Waals surface area contributed by atoms with E-state index in [-0.39, 0.29) is 17.2 Å². The average Bonchev–Trinajstić information content (AvgIpc) is 3.20. The van der Waals surface area contributed by atoms with Gasteiger partial charge in [-0.2, -0.15) is 0 Å². The summed E-state index contributed by atoms with van der Waals surface area (Å²) in [5, 5.41) is 2.69. The van der Waals surface area contributed by atoms with Crippen LogP contribution in [-0.2, 0) is 4.74 Å². The summed E-state index contributed by atoms with van der Waals surface area (Å²) in [5.41, 5.74) is 0.439. The third-order valence-corrected chi connectivity index (χ3v) is 5.13. The molecule has 2 aliphatic heterocycles. The minimum atomic E-state index is -0.528. The summed E-state index contributed by atoms with van der Waals surface area (Å²) >= 11 is 5.76. The standard InChI is InChI=1S/C19H21ClFN5O3/c20-15-11-13(1-2-16(15)21)24-19(27)26-6-3-14(12-26)29-18-17(22-4-5-23-18)25-7-9-28-10-8-25/h1-2,4-5,11,14H,3,6-10,12H2,(H,24,27). The maximum atomic E-state index is 13.3. The number of carbonyl (C=O) groups is 1. The Bertz CT molecular complexity index is 881. The predicted octanol–water partition coefficient (Wildman–Crippen LogP) is 2.79. The number of ether oxygens (including phenoxy) is 2. The minimum Gasteiger partial charge on any atom is -0.470 e. The van der Waals surface area contributed by atoms with Crippen LogP contribution in [0.25, 0.3) is 0 Å². The molecule has 3 heterocycles. The van der Waals surface area contributed by atoms with Crippen molar-refractivity contribution in [2.24, 2.45) is 0 Å². The number of likely N-dealkylation sites (tertiary alicyclic amines) is 1. The lowest BCUT2D eigenvalue weighted by Gasteiger charge is -2.29. The summed E-state index contributed by atoms with van der Waals surface area (Å²) < 4.78 is 24.7. The van der Waals surface area contributed by atoms with E-state index >= 15 is 0 Å². The second kappa shape index (κ2) is 8.79. The van der Waals surface area contributed by atoms with Crippen molar-refractivity contribution in [3.8, 4) is 5.88 Å². The van der Waals surface area contributed by atoms with Gasteiger partial charge in [0.1, 0.15) is 11.9 Å². The van der Waals surface area contributed by atoms with Gasteiger partial charge in [-0.15, -0.1) is 0 Å². The largest absolute Gasteiger partial charge is 0.470 e. The molecule has 1 N–H and O–H groups in total. The molecular weight excluding hydrogens is 401 g/mol. The highest BCUT2D eigenvalue weighted by Gasteiger charge is 2.29. The van der Waals surface area contributed by atoms with E-state index in [0.717, 1.165) is 13.1 Å². The summed E-state index contributed by atoms with van der Waals surface area (Å²) in [6.07, 6.45) is 3.72. The first kappa shape index (κ1) is 19.7. The molecule has 1 unspecified atom stereocenters. The number of urea groups is 1. The number of halogens is 2. The summed E-state index contributed by atoms with van der Waals surface area (Å²) in [7, 11) is 0. The van der Waals surface area contributed by atoms with Gasteiger partial charge >= 0.3 is 6.03 Å². The van der Waals surface area contributed by atoms with Crippen LogP contribution >= 0.6 is 11.6 Å². The molecule has 0 saturated carbocycles. The molecule has 1 atom stereocenters. The SMILES string of the molecule is O=C(Nc1ccc(F)c(Cl)c1)N1CCC(Oc2nccnc2N2CCOCC2)C1. The maximum Gasteiger partial charge on any atom is 0.321 e. The number of carbonyl (C=O) groups excluding carboxylic acids is 1. The normalized spacial score (nSPS) is 19.3. The number of amides is 2. The number of nitrogens with zero attached hydrogens (tertiary/aromatic N) is 4. The van der Waals surface area contributed by atoms with E-state index in [1.165, 1.54) is 18.2 Å². The van der Waals surface area contributed by atoms with Crippen LogP contribution in [0.4, 0.5) is 20.7 Å². The van der Waals surface area contributed by atoms with E-state index in [9.17, 15) is 9.18 Å². The molecule has 0 spiro atoms. The molecule has 2 aliphatic rings. The lowest BCUT2D eigenvalue weighted by molar-refractivity contribution is 0.121. The molecule has 0 bridgehead atoms. The third kappa shape index (κ3) is 4.68. The Morgan fingerprint density at radius 2 is 2.03 bits per heavy atom. The molecule has 0 aliphatic carbocycles. The van der Waals surface area contributed by atoms with Crippen molar-refractivity contribution in [1.29, 1.82) is 0 Å². The highest BCUT2D eigenvalue weighted by atomic mass is 35.5. The van der Waals surface area contributed by atoms with Crippen LogP contribution in [-0.4, -0.2) is 66.4 Å². The highest BCUT2D eigenvalue weighted by Crippen LogP contribution is 2.27. The van der Waals surface area contributed by atoms with Gasteiger partial charge in [0, 0.05) is 44.1 Å². The van der Waals surface area contributed by atoms with Gasteiger partial charge in [-0.05, 0) is 18.2 Å². The predicted molar refractivity (Wildman–Crippen MR) is 106 cm³/mol. The third-order valence-electron chi connectivity index (χ3n) is 4.84. The number of nitrogens with one attached hydrogen (secondary N) is 1. The van der Waals surface area contributed by atoms with Crippen LogP contribution in [0.5, 0.6) is 5.88 Å². The molecule has 1 aromatic heterocycles. The Kier molecular flexibility index (Phi) is 5.96. The van der Waals surface area contributed by atoms with Gasteiger partial charge < -0.3 is 24.6 Å². The van der Waals surface area contributed by atoms with E-state index in [1.54, 1.807) is 17.3 Å². The smallest absolute Gasteiger partial charge is 0.321 e. The fraction of sp³-hybridized carbons (Fsp3) is 0.421. The van der Waals surface area contributed by atoms with Crippen LogP contribution in [0.2, 0.25) is 5.02 Å². The van der Waals surface area contributed by atoms with Crippen LogP contribution in [0.3, 0.4) is 0 Å². The molecule has 29 heavy (non-hydrogen) atoms. The number of benzene rings is 1. The van der Waals surface area contributed by atoms with Gasteiger partial charge in [0.15, 0.2) is 5.82 Å². The lowest BCUT2D eigenvalue weighted by atomic mass is 10.3. The van der Waals surface area contributed by atoms with Crippen molar-refractivity contribution in [2.75, 3.05) is 49.6 Å². The van der Waals surface area contributed by atoms with Crippen molar-refractivity contribution in [1.82, 2.24) is 14.9 Å². The summed E-state index contributed by atoms with van der Waals surface area (Å²) in [6, 6.07) is 3.78. The molecule has 2 aromatic rings. The highest BCUT2D eigenvalue weighted by molar-refractivity contribution is 6.31. The fourth-order valence-electron chi connectivity index (χ4n) is 3.34. The number of hydrogen-bond acceptors (Lipinski definition) is 6. The number of rotatable bonds is 4. The van der Waals surface area contributed by atoms with E-state index in [0.29, 0.717) is 50.1 Å². The number of morpholine rings is 1. The van der Waals surface area contributed by atoms with Crippen molar-refractivity contribution < 1.29 is 18.7 Å². The van der Waals surface area contributed by atoms with E-state index in [2.05, 4.69) is 20.2 Å². The van der Waals surface area contributed by atoms with Crippen molar-refractivity contribution in [3.63, 3.8) is 0 Å². The van der Waals surface area contributed by atoms with Gasteiger partial charge in [-0.1, -0.05) is 11.6 Å². The minimum absolute atomic E-state index is 0.0382. The van der Waals surface area contributed by atoms with Crippen molar-refractivity contribution in [2.45, 2.75) is 12.5 Å². The molecule has 0 radical (unpaired) electrons. The summed E-state index contributed by atoms with van der Waals surface area (Å²) in [4.78, 5) is 25.0. The van der Waals surface area contributed by atoms with Crippen LogP contribution < -0.4 is 15.0 Å². The van der Waals surface area contributed by atoms with Gasteiger partial charge in [0.25, 0.3) is 5.88 Å². The first-order chi connectivity index (χ1) is 14.1. The molecule has 154 valence electrons. The van der Waals surface area contributed by atoms with E-state index < -0.39 is 5.82 Å². The average molecular weight is 422 g/mol. The molecule has 2 amide bonds. The molecule has 2 fully saturated rings. The maximum absolute atomic E-state index is 13.3. The molecule has 10 heteroatoms. The molecular formula is C19H21ClFN5O3. The number of hydrogen-bond donors (Lipinski definition) is 1. The van der Waals surface area contributed by atoms with E-state index in [4.69, 9.17) is 21.1 Å². The Morgan fingerprint density at radius 3 is 2.83 bits per heavy atom. The first-order valence-corrected chi connectivity index (χ1v) is 9.79. The quantitative estimate of drug-likeness (QED) is 0.817. The van der Waals surface area contributed by atoms with Crippen LogP contribution in [0.15, 0.2) is 30.6 Å². The molecule has 2 saturated heterocycles. The van der Waals surface area contributed by atoms with Crippen LogP contribution in [0, 0.1) is 5.82 Å². The summed E-state index contributed by atoms with van der Waals surface area (Å²) in [5.74, 6) is 0.631. The van der Waals surface area contributed by atoms with Gasteiger partial charge in [0.05, 0.1) is 24.8 Å². The van der Waals surface area contributed by atoms with E-state index in [1.807, 2.05) is 0 Å². The van der Waals surface area contributed by atoms with Crippen molar-refractivity contribution in [3.05, 3.63) is 41.4 Å².